The summed E-state index contributed by atoms with van der Waals surface area (Å²) < 4.78 is 5.35. The highest BCUT2D eigenvalue weighted by molar-refractivity contribution is 5.97. The van der Waals surface area contributed by atoms with E-state index in [0.717, 1.165) is 12.0 Å². The highest BCUT2D eigenvalue weighted by atomic mass is 16.5. The summed E-state index contributed by atoms with van der Waals surface area (Å²) in [6, 6.07) is 9.29. The standard InChI is InChI=1S/C19H23N3O3/c1-3-14-6-7-17(25-2)15(13-14)18(23)21-9-11-22(12-10-21)19(24)16-5-4-8-20-16/h4-8,13,20H,3,9-12H2,1-2H3. The number of carbonyl (C=O) groups is 2. The maximum atomic E-state index is 12.9. The van der Waals surface area contributed by atoms with Gasteiger partial charge in [0.2, 0.25) is 0 Å². The molecular weight excluding hydrogens is 318 g/mol. The summed E-state index contributed by atoms with van der Waals surface area (Å²) in [5.41, 5.74) is 2.27. The van der Waals surface area contributed by atoms with Crippen LogP contribution in [0.4, 0.5) is 0 Å². The number of hydrogen-bond acceptors (Lipinski definition) is 3. The number of piperazine rings is 1. The maximum Gasteiger partial charge on any atom is 0.270 e. The molecule has 2 aromatic rings. The third kappa shape index (κ3) is 3.52. The molecule has 0 radical (unpaired) electrons. The molecule has 0 atom stereocenters. The van der Waals surface area contributed by atoms with Crippen molar-refractivity contribution in [2.24, 2.45) is 0 Å². The molecule has 2 amide bonds. The van der Waals surface area contributed by atoms with Crippen LogP contribution in [0.3, 0.4) is 0 Å². The van der Waals surface area contributed by atoms with Crippen LogP contribution < -0.4 is 4.74 Å². The zero-order chi connectivity index (χ0) is 17.8. The molecule has 0 saturated carbocycles. The summed E-state index contributed by atoms with van der Waals surface area (Å²) >= 11 is 0. The second-order valence-corrected chi connectivity index (χ2v) is 6.06. The van der Waals surface area contributed by atoms with E-state index in [9.17, 15) is 9.59 Å². The molecular formula is C19H23N3O3. The van der Waals surface area contributed by atoms with Gasteiger partial charge in [-0.1, -0.05) is 13.0 Å². The van der Waals surface area contributed by atoms with Crippen molar-refractivity contribution in [2.75, 3.05) is 33.3 Å². The number of ether oxygens (including phenoxy) is 1. The molecule has 0 spiro atoms. The van der Waals surface area contributed by atoms with E-state index in [4.69, 9.17) is 4.74 Å². The Balaban J connectivity index is 1.68. The van der Waals surface area contributed by atoms with Gasteiger partial charge in [0.25, 0.3) is 11.8 Å². The van der Waals surface area contributed by atoms with Crippen molar-refractivity contribution in [2.45, 2.75) is 13.3 Å². The van der Waals surface area contributed by atoms with Crippen LogP contribution >= 0.6 is 0 Å². The smallest absolute Gasteiger partial charge is 0.270 e. The molecule has 6 heteroatoms. The van der Waals surface area contributed by atoms with Crippen molar-refractivity contribution < 1.29 is 14.3 Å². The molecule has 1 aliphatic rings. The number of benzene rings is 1. The number of H-pyrrole nitrogens is 1. The zero-order valence-electron chi connectivity index (χ0n) is 14.6. The highest BCUT2D eigenvalue weighted by Crippen LogP contribution is 2.23. The van der Waals surface area contributed by atoms with Crippen molar-refractivity contribution in [3.8, 4) is 5.75 Å². The number of nitrogens with one attached hydrogen (secondary N) is 1. The number of rotatable bonds is 4. The van der Waals surface area contributed by atoms with Crippen molar-refractivity contribution in [1.82, 2.24) is 14.8 Å². The average molecular weight is 341 g/mol. The molecule has 1 aliphatic heterocycles. The molecule has 2 heterocycles. The third-order valence-corrected chi connectivity index (χ3v) is 4.59. The summed E-state index contributed by atoms with van der Waals surface area (Å²) in [4.78, 5) is 31.7. The lowest BCUT2D eigenvalue weighted by Crippen LogP contribution is -2.50. The number of methoxy groups -OCH3 is 1. The molecule has 1 N–H and O–H groups in total. The third-order valence-electron chi connectivity index (χ3n) is 4.59. The molecule has 0 unspecified atom stereocenters. The molecule has 1 aromatic carbocycles. The molecule has 132 valence electrons. The lowest BCUT2D eigenvalue weighted by molar-refractivity contribution is 0.0531. The molecule has 1 saturated heterocycles. The number of aromatic nitrogens is 1. The molecule has 1 aromatic heterocycles. The SMILES string of the molecule is CCc1ccc(OC)c(C(=O)N2CCN(C(=O)c3ccc[nH]3)CC2)c1. The van der Waals surface area contributed by atoms with Crippen LogP contribution in [-0.4, -0.2) is 59.9 Å². The Kier molecular flexibility index (Phi) is 5.07. The number of amides is 2. The van der Waals surface area contributed by atoms with E-state index in [1.54, 1.807) is 35.2 Å². The summed E-state index contributed by atoms with van der Waals surface area (Å²) in [6.45, 7) is 4.15. The first-order valence-electron chi connectivity index (χ1n) is 8.53. The first-order chi connectivity index (χ1) is 12.1. The fourth-order valence-electron chi connectivity index (χ4n) is 3.06. The predicted octanol–water partition coefficient (Wildman–Crippen LogP) is 2.18. The molecule has 1 fully saturated rings. The van der Waals surface area contributed by atoms with Gasteiger partial charge in [-0.2, -0.15) is 0 Å². The minimum atomic E-state index is -0.0425. The van der Waals surface area contributed by atoms with Gasteiger partial charge < -0.3 is 19.5 Å². The minimum absolute atomic E-state index is 0.0253. The van der Waals surface area contributed by atoms with Crippen LogP contribution in [0, 0.1) is 0 Å². The molecule has 0 bridgehead atoms. The Morgan fingerprint density at radius 1 is 1.08 bits per heavy atom. The lowest BCUT2D eigenvalue weighted by Gasteiger charge is -2.34. The minimum Gasteiger partial charge on any atom is -0.496 e. The fraction of sp³-hybridized carbons (Fsp3) is 0.368. The van der Waals surface area contributed by atoms with Gasteiger partial charge >= 0.3 is 0 Å². The van der Waals surface area contributed by atoms with Gasteiger partial charge in [-0.3, -0.25) is 9.59 Å². The van der Waals surface area contributed by atoms with E-state index in [1.807, 2.05) is 18.2 Å². The van der Waals surface area contributed by atoms with Gasteiger partial charge in [0.05, 0.1) is 12.7 Å². The van der Waals surface area contributed by atoms with Crippen LogP contribution in [0.5, 0.6) is 5.75 Å². The van der Waals surface area contributed by atoms with E-state index in [-0.39, 0.29) is 11.8 Å². The highest BCUT2D eigenvalue weighted by Gasteiger charge is 2.27. The summed E-state index contributed by atoms with van der Waals surface area (Å²) in [7, 11) is 1.57. The van der Waals surface area contributed by atoms with E-state index >= 15 is 0 Å². The van der Waals surface area contributed by atoms with Gasteiger partial charge in [-0.15, -0.1) is 0 Å². The second-order valence-electron chi connectivity index (χ2n) is 6.06. The summed E-state index contributed by atoms with van der Waals surface area (Å²) in [6.07, 6.45) is 2.60. The first-order valence-corrected chi connectivity index (χ1v) is 8.53. The van der Waals surface area contributed by atoms with E-state index in [2.05, 4.69) is 11.9 Å². The Hall–Kier alpha value is -2.76. The van der Waals surface area contributed by atoms with Crippen LogP contribution in [0.15, 0.2) is 36.5 Å². The molecule has 3 rings (SSSR count). The Labute approximate surface area is 147 Å². The van der Waals surface area contributed by atoms with E-state index < -0.39 is 0 Å². The van der Waals surface area contributed by atoms with Gasteiger partial charge in [-0.25, -0.2) is 0 Å². The van der Waals surface area contributed by atoms with Crippen molar-refractivity contribution in [3.05, 3.63) is 53.3 Å². The first kappa shape index (κ1) is 17.1. The molecule has 0 aliphatic carbocycles. The number of aromatic amines is 1. The summed E-state index contributed by atoms with van der Waals surface area (Å²) in [5, 5.41) is 0. The van der Waals surface area contributed by atoms with Gasteiger partial charge in [0.15, 0.2) is 0 Å². The monoisotopic (exact) mass is 341 g/mol. The van der Waals surface area contributed by atoms with Crippen molar-refractivity contribution in [3.63, 3.8) is 0 Å². The number of aryl methyl sites for hydroxylation is 1. The maximum absolute atomic E-state index is 12.9. The predicted molar refractivity (Wildman–Crippen MR) is 95.0 cm³/mol. The largest absolute Gasteiger partial charge is 0.496 e. The molecule has 6 nitrogen and oxygen atoms in total. The van der Waals surface area contributed by atoms with Gasteiger partial charge in [-0.05, 0) is 36.2 Å². The van der Waals surface area contributed by atoms with E-state index in [1.165, 1.54) is 0 Å². The van der Waals surface area contributed by atoms with Crippen LogP contribution in [0.2, 0.25) is 0 Å². The number of hydrogen-bond donors (Lipinski definition) is 1. The number of nitrogens with zero attached hydrogens (tertiary/aromatic N) is 2. The quantitative estimate of drug-likeness (QED) is 0.927. The second kappa shape index (κ2) is 7.42. The van der Waals surface area contributed by atoms with E-state index in [0.29, 0.717) is 43.2 Å². The molecule has 25 heavy (non-hydrogen) atoms. The fourth-order valence-corrected chi connectivity index (χ4v) is 3.06. The van der Waals surface area contributed by atoms with Crippen LogP contribution in [-0.2, 0) is 6.42 Å². The Morgan fingerprint density at radius 3 is 2.32 bits per heavy atom. The average Bonchev–Trinajstić information content (AvgIpc) is 3.21. The summed E-state index contributed by atoms with van der Waals surface area (Å²) in [5.74, 6) is 0.522. The van der Waals surface area contributed by atoms with Gasteiger partial charge in [0, 0.05) is 32.4 Å². The van der Waals surface area contributed by atoms with Crippen LogP contribution in [0.1, 0.15) is 33.3 Å². The van der Waals surface area contributed by atoms with Crippen LogP contribution in [0.25, 0.3) is 0 Å². The van der Waals surface area contributed by atoms with Crippen molar-refractivity contribution in [1.29, 1.82) is 0 Å². The number of carbonyl (C=O) groups excluding carboxylic acids is 2. The zero-order valence-corrected chi connectivity index (χ0v) is 14.6. The Morgan fingerprint density at radius 2 is 1.76 bits per heavy atom. The topological polar surface area (TPSA) is 65.6 Å². The normalized spacial score (nSPS) is 14.5. The van der Waals surface area contributed by atoms with Crippen molar-refractivity contribution >= 4 is 11.8 Å². The lowest BCUT2D eigenvalue weighted by atomic mass is 10.1. The Bertz CT molecular complexity index is 747. The van der Waals surface area contributed by atoms with Gasteiger partial charge in [0.1, 0.15) is 11.4 Å².